The van der Waals surface area contributed by atoms with Crippen molar-refractivity contribution in [2.45, 2.75) is 26.4 Å². The van der Waals surface area contributed by atoms with E-state index in [1.165, 1.54) is 0 Å². The van der Waals surface area contributed by atoms with Gasteiger partial charge in [-0.25, -0.2) is 0 Å². The van der Waals surface area contributed by atoms with E-state index in [2.05, 4.69) is 6.07 Å². The smallest absolute Gasteiger partial charge is 0.0991 e. The topological polar surface area (TPSA) is 44.0 Å². The highest BCUT2D eigenvalue weighted by atomic mass is 16.3. The molecule has 2 rings (SSSR count). The number of hydrogen-bond acceptors (Lipinski definition) is 2. The number of hydrogen-bond donors (Lipinski definition) is 1. The third-order valence-electron chi connectivity index (χ3n) is 2.95. The molecule has 0 spiro atoms. The largest absolute Gasteiger partial charge is 0.388 e. The van der Waals surface area contributed by atoms with E-state index in [-0.39, 0.29) is 5.41 Å². The minimum atomic E-state index is -0.398. The fourth-order valence-corrected chi connectivity index (χ4v) is 2.10. The lowest BCUT2D eigenvalue weighted by Gasteiger charge is -2.22. The molecule has 0 amide bonds. The summed E-state index contributed by atoms with van der Waals surface area (Å²) in [5.41, 5.74) is 2.67. The molecule has 1 N–H and O–H groups in total. The molecule has 0 saturated carbocycles. The van der Waals surface area contributed by atoms with Crippen molar-refractivity contribution in [3.05, 3.63) is 34.9 Å². The molecule has 1 aromatic rings. The SMILES string of the molecule is CC1(C)Cc2cc(C#N)ccc2C1O. The van der Waals surface area contributed by atoms with Gasteiger partial charge in [-0.15, -0.1) is 0 Å². The van der Waals surface area contributed by atoms with Gasteiger partial charge in [-0.05, 0) is 35.1 Å². The van der Waals surface area contributed by atoms with E-state index in [0.717, 1.165) is 17.5 Å². The van der Waals surface area contributed by atoms with E-state index in [1.54, 1.807) is 6.07 Å². The van der Waals surface area contributed by atoms with Gasteiger partial charge in [-0.1, -0.05) is 19.9 Å². The average molecular weight is 187 g/mol. The van der Waals surface area contributed by atoms with Gasteiger partial charge in [-0.3, -0.25) is 0 Å². The summed E-state index contributed by atoms with van der Waals surface area (Å²) < 4.78 is 0. The highest BCUT2D eigenvalue weighted by Crippen LogP contribution is 2.44. The molecule has 0 aromatic heterocycles. The van der Waals surface area contributed by atoms with Crippen molar-refractivity contribution in [3.63, 3.8) is 0 Å². The normalized spacial score (nSPS) is 22.9. The lowest BCUT2D eigenvalue weighted by atomic mass is 9.88. The van der Waals surface area contributed by atoms with E-state index in [0.29, 0.717) is 5.56 Å². The first-order valence-electron chi connectivity index (χ1n) is 4.75. The Balaban J connectivity index is 2.50. The molecule has 1 aliphatic carbocycles. The highest BCUT2D eigenvalue weighted by Gasteiger charge is 2.37. The van der Waals surface area contributed by atoms with Crippen LogP contribution in [0.1, 0.15) is 36.6 Å². The number of nitriles is 1. The molecule has 1 unspecified atom stereocenters. The Morgan fingerprint density at radius 1 is 1.50 bits per heavy atom. The van der Waals surface area contributed by atoms with Crippen LogP contribution in [0.4, 0.5) is 0 Å². The quantitative estimate of drug-likeness (QED) is 0.676. The van der Waals surface area contributed by atoms with Crippen molar-refractivity contribution >= 4 is 0 Å². The first kappa shape index (κ1) is 9.23. The summed E-state index contributed by atoms with van der Waals surface area (Å²) in [5, 5.41) is 18.7. The molecule has 1 aromatic carbocycles. The Hall–Kier alpha value is -1.33. The predicted molar refractivity (Wildman–Crippen MR) is 53.6 cm³/mol. The Labute approximate surface area is 83.8 Å². The van der Waals surface area contributed by atoms with Gasteiger partial charge in [0.25, 0.3) is 0 Å². The van der Waals surface area contributed by atoms with Crippen LogP contribution in [-0.4, -0.2) is 5.11 Å². The van der Waals surface area contributed by atoms with Crippen LogP contribution >= 0.6 is 0 Å². The number of benzene rings is 1. The summed E-state index contributed by atoms with van der Waals surface area (Å²) in [6.07, 6.45) is 0.448. The van der Waals surface area contributed by atoms with E-state index in [1.807, 2.05) is 26.0 Å². The lowest BCUT2D eigenvalue weighted by Crippen LogP contribution is -2.16. The van der Waals surface area contributed by atoms with Crippen LogP contribution in [0, 0.1) is 16.7 Å². The summed E-state index contributed by atoms with van der Waals surface area (Å²) in [6, 6.07) is 7.64. The van der Waals surface area contributed by atoms with Crippen LogP contribution in [0.2, 0.25) is 0 Å². The van der Waals surface area contributed by atoms with Crippen molar-refractivity contribution in [1.82, 2.24) is 0 Å². The first-order chi connectivity index (χ1) is 6.54. The predicted octanol–water partition coefficient (Wildman–Crippen LogP) is 2.17. The zero-order chi connectivity index (χ0) is 10.3. The van der Waals surface area contributed by atoms with E-state index >= 15 is 0 Å². The third kappa shape index (κ3) is 1.21. The maximum Gasteiger partial charge on any atom is 0.0991 e. The van der Waals surface area contributed by atoms with E-state index in [9.17, 15) is 5.11 Å². The summed E-state index contributed by atoms with van der Waals surface area (Å²) in [7, 11) is 0. The van der Waals surface area contributed by atoms with Crippen LogP contribution in [-0.2, 0) is 6.42 Å². The molecule has 2 heteroatoms. The van der Waals surface area contributed by atoms with Gasteiger partial charge in [-0.2, -0.15) is 5.26 Å². The summed E-state index contributed by atoms with van der Waals surface area (Å²) in [4.78, 5) is 0. The maximum absolute atomic E-state index is 9.99. The molecule has 1 aliphatic rings. The van der Waals surface area contributed by atoms with E-state index in [4.69, 9.17) is 5.26 Å². The first-order valence-corrected chi connectivity index (χ1v) is 4.75. The van der Waals surface area contributed by atoms with Gasteiger partial charge in [0.1, 0.15) is 0 Å². The van der Waals surface area contributed by atoms with E-state index < -0.39 is 6.10 Å². The van der Waals surface area contributed by atoms with Crippen LogP contribution in [0.15, 0.2) is 18.2 Å². The fourth-order valence-electron chi connectivity index (χ4n) is 2.10. The van der Waals surface area contributed by atoms with Crippen molar-refractivity contribution in [2.24, 2.45) is 5.41 Å². The Kier molecular flexibility index (Phi) is 1.87. The van der Waals surface area contributed by atoms with Gasteiger partial charge < -0.3 is 5.11 Å². The molecule has 14 heavy (non-hydrogen) atoms. The monoisotopic (exact) mass is 187 g/mol. The maximum atomic E-state index is 9.99. The van der Waals surface area contributed by atoms with Crippen molar-refractivity contribution in [3.8, 4) is 6.07 Å². The second-order valence-corrected chi connectivity index (χ2v) is 4.59. The molecule has 0 aliphatic heterocycles. The highest BCUT2D eigenvalue weighted by molar-refractivity contribution is 5.43. The Morgan fingerprint density at radius 2 is 2.21 bits per heavy atom. The fraction of sp³-hybridized carbons (Fsp3) is 0.417. The summed E-state index contributed by atoms with van der Waals surface area (Å²) >= 11 is 0. The third-order valence-corrected chi connectivity index (χ3v) is 2.95. The molecule has 0 bridgehead atoms. The number of rotatable bonds is 0. The van der Waals surface area contributed by atoms with Gasteiger partial charge in [0.05, 0.1) is 17.7 Å². The molecule has 0 fully saturated rings. The number of nitrogens with zero attached hydrogens (tertiary/aromatic N) is 1. The average Bonchev–Trinajstić information content (AvgIpc) is 2.37. The zero-order valence-electron chi connectivity index (χ0n) is 8.41. The lowest BCUT2D eigenvalue weighted by molar-refractivity contribution is 0.0666. The number of aliphatic hydroxyl groups excluding tert-OH is 1. The standard InChI is InChI=1S/C12H13NO/c1-12(2)6-9-5-8(7-13)3-4-10(9)11(12)14/h3-5,11,14H,6H2,1-2H3. The second-order valence-electron chi connectivity index (χ2n) is 4.59. The van der Waals surface area contributed by atoms with Crippen molar-refractivity contribution < 1.29 is 5.11 Å². The van der Waals surface area contributed by atoms with Gasteiger partial charge in [0, 0.05) is 0 Å². The van der Waals surface area contributed by atoms with Crippen LogP contribution in [0.3, 0.4) is 0 Å². The summed E-state index contributed by atoms with van der Waals surface area (Å²) in [6.45, 7) is 4.09. The molecule has 0 saturated heterocycles. The number of aliphatic hydroxyl groups is 1. The zero-order valence-corrected chi connectivity index (χ0v) is 8.41. The molecule has 0 radical (unpaired) electrons. The van der Waals surface area contributed by atoms with Gasteiger partial charge >= 0.3 is 0 Å². The van der Waals surface area contributed by atoms with Crippen LogP contribution in [0.5, 0.6) is 0 Å². The Morgan fingerprint density at radius 3 is 2.86 bits per heavy atom. The summed E-state index contributed by atoms with van der Waals surface area (Å²) in [5.74, 6) is 0. The van der Waals surface area contributed by atoms with Crippen molar-refractivity contribution in [1.29, 1.82) is 5.26 Å². The minimum Gasteiger partial charge on any atom is -0.388 e. The van der Waals surface area contributed by atoms with Gasteiger partial charge in [0.15, 0.2) is 0 Å². The molecular weight excluding hydrogens is 174 g/mol. The number of fused-ring (bicyclic) bond motifs is 1. The molecular formula is C12H13NO. The van der Waals surface area contributed by atoms with Crippen LogP contribution < -0.4 is 0 Å². The Bertz CT molecular complexity index is 415. The minimum absolute atomic E-state index is 0.101. The van der Waals surface area contributed by atoms with Crippen molar-refractivity contribution in [2.75, 3.05) is 0 Å². The molecule has 1 atom stereocenters. The molecule has 72 valence electrons. The van der Waals surface area contributed by atoms with Crippen LogP contribution in [0.25, 0.3) is 0 Å². The molecule has 2 nitrogen and oxygen atoms in total. The van der Waals surface area contributed by atoms with Gasteiger partial charge in [0.2, 0.25) is 0 Å². The second kappa shape index (κ2) is 2.83. The molecule has 0 heterocycles.